The van der Waals surface area contributed by atoms with Crippen molar-refractivity contribution in [2.45, 2.75) is 4.90 Å². The van der Waals surface area contributed by atoms with Crippen LogP contribution in [0.3, 0.4) is 0 Å². The number of halogens is 1. The van der Waals surface area contributed by atoms with Crippen LogP contribution in [0.15, 0.2) is 45.7 Å². The summed E-state index contributed by atoms with van der Waals surface area (Å²) in [7, 11) is -2.88. The van der Waals surface area contributed by atoms with Gasteiger partial charge in [-0.1, -0.05) is 11.6 Å². The molecule has 0 unspecified atom stereocenters. The van der Waals surface area contributed by atoms with E-state index in [4.69, 9.17) is 16.9 Å². The number of sulfone groups is 1. The maximum atomic E-state index is 12.4. The van der Waals surface area contributed by atoms with E-state index in [-0.39, 0.29) is 15.5 Å². The largest absolute Gasteiger partial charge is 0.465 e. The quantitative estimate of drug-likeness (QED) is 0.376. The summed E-state index contributed by atoms with van der Waals surface area (Å²) in [5.74, 6) is -0.596. The Hall–Kier alpha value is -2.41. The molecule has 0 atom stereocenters. The van der Waals surface area contributed by atoms with Gasteiger partial charge in [-0.15, -0.1) is 11.3 Å². The smallest absolute Gasteiger partial charge is 0.350 e. The lowest BCUT2D eigenvalue weighted by molar-refractivity contribution is 0.0607. The summed E-state index contributed by atoms with van der Waals surface area (Å²) in [4.78, 5) is 11.7. The molecule has 1 aromatic heterocycles. The van der Waals surface area contributed by atoms with Gasteiger partial charge in [0.25, 0.3) is 5.04 Å². The van der Waals surface area contributed by atoms with Crippen molar-refractivity contribution >= 4 is 49.5 Å². The minimum Gasteiger partial charge on any atom is -0.465 e. The number of benzene rings is 1. The first kappa shape index (κ1) is 17.9. The van der Waals surface area contributed by atoms with E-state index in [2.05, 4.69) is 15.3 Å². The highest BCUT2D eigenvalue weighted by Crippen LogP contribution is 2.23. The molecule has 1 heterocycles. The van der Waals surface area contributed by atoms with E-state index >= 15 is 0 Å². The van der Waals surface area contributed by atoms with Crippen molar-refractivity contribution in [1.29, 1.82) is 5.26 Å². The van der Waals surface area contributed by atoms with Crippen LogP contribution in [0.25, 0.3) is 0 Å². The summed E-state index contributed by atoms with van der Waals surface area (Å²) in [6, 6.07) is 8.39. The van der Waals surface area contributed by atoms with Crippen LogP contribution in [0.1, 0.15) is 9.67 Å². The van der Waals surface area contributed by atoms with E-state index in [0.717, 1.165) is 11.3 Å². The average molecular weight is 384 g/mol. The van der Waals surface area contributed by atoms with Crippen LogP contribution in [0, 0.1) is 11.3 Å². The molecular weight excluding hydrogens is 374 g/mol. The summed E-state index contributed by atoms with van der Waals surface area (Å²) < 4.78 is 29.4. The molecule has 0 aliphatic heterocycles. The Kier molecular flexibility index (Phi) is 5.56. The standard InChI is InChI=1S/C14H10ClN3O4S2/c1-22-14(19)13-11(6-7-23-13)17-18-12(8-16)24(20,21)10-4-2-9(15)3-5-10/h2-7,17H,1H3. The minimum atomic E-state index is -4.10. The number of thiophene rings is 1. The highest BCUT2D eigenvalue weighted by atomic mass is 35.5. The average Bonchev–Trinajstić information content (AvgIpc) is 3.03. The van der Waals surface area contributed by atoms with Crippen molar-refractivity contribution < 1.29 is 17.9 Å². The maximum absolute atomic E-state index is 12.4. The first-order chi connectivity index (χ1) is 11.4. The fourth-order valence-electron chi connectivity index (χ4n) is 1.63. The van der Waals surface area contributed by atoms with Gasteiger partial charge in [0.05, 0.1) is 17.7 Å². The summed E-state index contributed by atoms with van der Waals surface area (Å²) in [6.45, 7) is 0. The molecule has 0 saturated heterocycles. The monoisotopic (exact) mass is 383 g/mol. The molecule has 0 aliphatic carbocycles. The van der Waals surface area contributed by atoms with Crippen LogP contribution >= 0.6 is 22.9 Å². The maximum Gasteiger partial charge on any atom is 0.350 e. The molecule has 2 aromatic rings. The SMILES string of the molecule is COC(=O)c1sccc1NN=C(C#N)S(=O)(=O)c1ccc(Cl)cc1. The summed E-state index contributed by atoms with van der Waals surface area (Å²) >= 11 is 6.81. The third-order valence-corrected chi connectivity index (χ3v) is 5.52. The molecule has 10 heteroatoms. The van der Waals surface area contributed by atoms with Crippen molar-refractivity contribution in [2.75, 3.05) is 12.5 Å². The van der Waals surface area contributed by atoms with Gasteiger partial charge in [-0.05, 0) is 35.7 Å². The predicted molar refractivity (Wildman–Crippen MR) is 91.0 cm³/mol. The first-order valence-electron chi connectivity index (χ1n) is 6.30. The van der Waals surface area contributed by atoms with Crippen LogP contribution < -0.4 is 5.43 Å². The highest BCUT2D eigenvalue weighted by Gasteiger charge is 2.23. The lowest BCUT2D eigenvalue weighted by Gasteiger charge is -2.04. The molecule has 1 aromatic carbocycles. The van der Waals surface area contributed by atoms with E-state index in [1.165, 1.54) is 43.5 Å². The van der Waals surface area contributed by atoms with Crippen molar-refractivity contribution in [1.82, 2.24) is 0 Å². The van der Waals surface area contributed by atoms with Gasteiger partial charge in [0.1, 0.15) is 10.9 Å². The van der Waals surface area contributed by atoms with Gasteiger partial charge in [0.15, 0.2) is 0 Å². The van der Waals surface area contributed by atoms with E-state index in [1.807, 2.05) is 0 Å². The Balaban J connectivity index is 2.33. The van der Waals surface area contributed by atoms with Crippen molar-refractivity contribution in [3.8, 4) is 6.07 Å². The number of nitriles is 1. The summed E-state index contributed by atoms with van der Waals surface area (Å²) in [5.41, 5.74) is 2.66. The third kappa shape index (κ3) is 3.73. The number of carbonyl (C=O) groups is 1. The molecule has 0 amide bonds. The number of esters is 1. The highest BCUT2D eigenvalue weighted by molar-refractivity contribution is 8.07. The number of rotatable bonds is 4. The molecule has 1 N–H and O–H groups in total. The minimum absolute atomic E-state index is 0.118. The van der Waals surface area contributed by atoms with E-state index in [1.54, 1.807) is 5.38 Å². The second kappa shape index (κ2) is 7.44. The van der Waals surface area contributed by atoms with Gasteiger partial charge in [0.2, 0.25) is 9.84 Å². The van der Waals surface area contributed by atoms with Crippen LogP contribution in [-0.2, 0) is 14.6 Å². The predicted octanol–water partition coefficient (Wildman–Crippen LogP) is 2.91. The van der Waals surface area contributed by atoms with Gasteiger partial charge in [-0.2, -0.15) is 10.4 Å². The lowest BCUT2D eigenvalue weighted by atomic mass is 10.4. The first-order valence-corrected chi connectivity index (χ1v) is 9.04. The summed E-state index contributed by atoms with van der Waals surface area (Å²) in [5, 5.41) is 14.0. The fourth-order valence-corrected chi connectivity index (χ4v) is 3.52. The van der Waals surface area contributed by atoms with E-state index < -0.39 is 20.9 Å². The van der Waals surface area contributed by atoms with Gasteiger partial charge >= 0.3 is 5.97 Å². The third-order valence-electron chi connectivity index (χ3n) is 2.79. The molecule has 0 fully saturated rings. The molecule has 7 nitrogen and oxygen atoms in total. The number of ether oxygens (including phenoxy) is 1. The zero-order valence-electron chi connectivity index (χ0n) is 12.2. The number of carbonyl (C=O) groups excluding carboxylic acids is 1. The van der Waals surface area contributed by atoms with Gasteiger partial charge in [-0.25, -0.2) is 13.2 Å². The molecular formula is C14H10ClN3O4S2. The Bertz CT molecular complexity index is 928. The van der Waals surface area contributed by atoms with Crippen LogP contribution in [0.2, 0.25) is 5.02 Å². The molecule has 124 valence electrons. The van der Waals surface area contributed by atoms with Gasteiger partial charge in [-0.3, -0.25) is 5.43 Å². The van der Waals surface area contributed by atoms with Crippen molar-refractivity contribution in [2.24, 2.45) is 5.10 Å². The number of anilines is 1. The number of hydrazone groups is 1. The van der Waals surface area contributed by atoms with Gasteiger partial charge < -0.3 is 4.74 Å². The number of nitrogens with one attached hydrogen (secondary N) is 1. The topological polar surface area (TPSA) is 109 Å². The molecule has 2 rings (SSSR count). The lowest BCUT2D eigenvalue weighted by Crippen LogP contribution is -2.15. The van der Waals surface area contributed by atoms with E-state index in [9.17, 15) is 13.2 Å². The number of nitrogens with zero attached hydrogens (tertiary/aromatic N) is 2. The van der Waals surface area contributed by atoms with Gasteiger partial charge in [0, 0.05) is 5.02 Å². The Morgan fingerprint density at radius 1 is 1.33 bits per heavy atom. The molecule has 24 heavy (non-hydrogen) atoms. The van der Waals surface area contributed by atoms with Crippen LogP contribution in [0.4, 0.5) is 5.69 Å². The second-order valence-electron chi connectivity index (χ2n) is 4.25. The number of methoxy groups -OCH3 is 1. The van der Waals surface area contributed by atoms with E-state index in [0.29, 0.717) is 5.02 Å². The molecule has 0 spiro atoms. The van der Waals surface area contributed by atoms with Crippen molar-refractivity contribution in [3.63, 3.8) is 0 Å². The molecule has 0 radical (unpaired) electrons. The number of hydrogen-bond acceptors (Lipinski definition) is 8. The normalized spacial score (nSPS) is 11.6. The zero-order chi connectivity index (χ0) is 17.7. The zero-order valence-corrected chi connectivity index (χ0v) is 14.6. The Labute approximate surface area is 147 Å². The molecule has 0 aliphatic rings. The Morgan fingerprint density at radius 3 is 2.58 bits per heavy atom. The van der Waals surface area contributed by atoms with Crippen LogP contribution in [0.5, 0.6) is 0 Å². The Morgan fingerprint density at radius 2 is 2.00 bits per heavy atom. The summed E-state index contributed by atoms with van der Waals surface area (Å²) in [6.07, 6.45) is 0. The fraction of sp³-hybridized carbons (Fsp3) is 0.0714. The van der Waals surface area contributed by atoms with Crippen molar-refractivity contribution in [3.05, 3.63) is 45.6 Å². The number of hydrogen-bond donors (Lipinski definition) is 1. The molecule has 0 bridgehead atoms. The second-order valence-corrected chi connectivity index (χ2v) is 7.47. The molecule has 0 saturated carbocycles. The van der Waals surface area contributed by atoms with Crippen LogP contribution in [-0.4, -0.2) is 26.5 Å².